The molecule has 0 saturated heterocycles. The maximum atomic E-state index is 12.7. The van der Waals surface area contributed by atoms with E-state index < -0.39 is 17.7 Å². The zero-order valence-corrected chi connectivity index (χ0v) is 12.0. The van der Waals surface area contributed by atoms with Crippen LogP contribution < -0.4 is 5.32 Å². The molecule has 0 bridgehead atoms. The predicted octanol–water partition coefficient (Wildman–Crippen LogP) is 4.37. The Morgan fingerprint density at radius 2 is 2.05 bits per heavy atom. The Labute approximate surface area is 125 Å². The van der Waals surface area contributed by atoms with Gasteiger partial charge in [-0.25, -0.2) is 4.79 Å². The second kappa shape index (κ2) is 5.80. The largest absolute Gasteiger partial charge is 0.478 e. The van der Waals surface area contributed by atoms with Crippen LogP contribution in [0.15, 0.2) is 39.4 Å². The molecule has 8 heteroatoms. The standard InChI is InChI=1S/C13H9BrF3NO3/c14-8-3-7(13(15,16)17)4-9(5-8)18-6-11-10(12(19)20)1-2-21-11/h1-5,18H,6H2,(H,19,20). The first kappa shape index (κ1) is 15.4. The second-order valence-corrected chi connectivity index (χ2v) is 5.06. The van der Waals surface area contributed by atoms with Gasteiger partial charge >= 0.3 is 12.1 Å². The number of aromatic carboxylic acids is 1. The van der Waals surface area contributed by atoms with Crippen LogP contribution in [0.5, 0.6) is 0 Å². The zero-order chi connectivity index (χ0) is 15.6. The van der Waals surface area contributed by atoms with E-state index in [1.54, 1.807) is 0 Å². The topological polar surface area (TPSA) is 62.5 Å². The van der Waals surface area contributed by atoms with Gasteiger partial charge < -0.3 is 14.8 Å². The fourth-order valence-corrected chi connectivity index (χ4v) is 2.20. The van der Waals surface area contributed by atoms with Crippen LogP contribution in [0, 0.1) is 0 Å². The molecular formula is C13H9BrF3NO3. The van der Waals surface area contributed by atoms with Gasteiger partial charge in [-0.05, 0) is 24.3 Å². The fourth-order valence-electron chi connectivity index (χ4n) is 1.71. The molecule has 2 aromatic rings. The van der Waals surface area contributed by atoms with Crippen LogP contribution in [0.25, 0.3) is 0 Å². The SMILES string of the molecule is O=C(O)c1ccoc1CNc1cc(Br)cc(C(F)(F)F)c1. The maximum Gasteiger partial charge on any atom is 0.416 e. The minimum absolute atomic E-state index is 0.0338. The molecule has 0 aliphatic carbocycles. The molecule has 2 N–H and O–H groups in total. The molecule has 2 rings (SSSR count). The number of benzene rings is 1. The zero-order valence-electron chi connectivity index (χ0n) is 10.4. The molecule has 0 aliphatic heterocycles. The number of nitrogens with one attached hydrogen (secondary N) is 1. The van der Waals surface area contributed by atoms with E-state index in [1.165, 1.54) is 18.4 Å². The summed E-state index contributed by atoms with van der Waals surface area (Å²) >= 11 is 3.00. The lowest BCUT2D eigenvalue weighted by Crippen LogP contribution is -2.08. The third-order valence-corrected chi connectivity index (χ3v) is 3.11. The molecule has 0 spiro atoms. The Kier molecular flexibility index (Phi) is 4.26. The number of alkyl halides is 3. The van der Waals surface area contributed by atoms with Crippen LogP contribution in [-0.2, 0) is 12.7 Å². The molecule has 1 aromatic heterocycles. The summed E-state index contributed by atoms with van der Waals surface area (Å²) in [5.41, 5.74) is -0.643. The number of carbonyl (C=O) groups is 1. The van der Waals surface area contributed by atoms with Crippen LogP contribution in [-0.4, -0.2) is 11.1 Å². The summed E-state index contributed by atoms with van der Waals surface area (Å²) in [5.74, 6) is -1.03. The summed E-state index contributed by atoms with van der Waals surface area (Å²) in [4.78, 5) is 10.9. The lowest BCUT2D eigenvalue weighted by molar-refractivity contribution is -0.137. The molecule has 0 radical (unpaired) electrons. The van der Waals surface area contributed by atoms with Crippen molar-refractivity contribution in [1.29, 1.82) is 0 Å². The molecule has 1 aromatic carbocycles. The van der Waals surface area contributed by atoms with Crippen molar-refractivity contribution in [2.24, 2.45) is 0 Å². The van der Waals surface area contributed by atoms with Crippen molar-refractivity contribution in [3.8, 4) is 0 Å². The maximum absolute atomic E-state index is 12.7. The molecule has 1 heterocycles. The smallest absolute Gasteiger partial charge is 0.416 e. The summed E-state index contributed by atoms with van der Waals surface area (Å²) in [6.45, 7) is -0.0393. The lowest BCUT2D eigenvalue weighted by atomic mass is 10.2. The summed E-state index contributed by atoms with van der Waals surface area (Å²) < 4.78 is 43.3. The van der Waals surface area contributed by atoms with E-state index in [1.807, 2.05) is 0 Å². The Hall–Kier alpha value is -1.96. The lowest BCUT2D eigenvalue weighted by Gasteiger charge is -2.11. The highest BCUT2D eigenvalue weighted by Gasteiger charge is 2.31. The van der Waals surface area contributed by atoms with E-state index in [0.717, 1.165) is 12.1 Å². The van der Waals surface area contributed by atoms with E-state index >= 15 is 0 Å². The number of furan rings is 1. The normalized spacial score (nSPS) is 11.4. The second-order valence-electron chi connectivity index (χ2n) is 4.14. The Bertz CT molecular complexity index is 667. The van der Waals surface area contributed by atoms with Crippen molar-refractivity contribution in [2.45, 2.75) is 12.7 Å². The molecule has 0 saturated carbocycles. The van der Waals surface area contributed by atoms with Crippen molar-refractivity contribution in [2.75, 3.05) is 5.32 Å². The third kappa shape index (κ3) is 3.78. The Morgan fingerprint density at radius 1 is 1.33 bits per heavy atom. The number of rotatable bonds is 4. The molecule has 0 unspecified atom stereocenters. The Balaban J connectivity index is 2.19. The minimum Gasteiger partial charge on any atom is -0.478 e. The van der Waals surface area contributed by atoms with Gasteiger partial charge in [0.25, 0.3) is 0 Å². The highest BCUT2D eigenvalue weighted by atomic mass is 79.9. The first-order valence-corrected chi connectivity index (χ1v) is 6.48. The van der Waals surface area contributed by atoms with Crippen LogP contribution in [0.1, 0.15) is 21.7 Å². The van der Waals surface area contributed by atoms with E-state index in [-0.39, 0.29) is 28.0 Å². The summed E-state index contributed by atoms with van der Waals surface area (Å²) in [6.07, 6.45) is -3.25. The van der Waals surface area contributed by atoms with Crippen LogP contribution in [0.4, 0.5) is 18.9 Å². The summed E-state index contributed by atoms with van der Waals surface area (Å²) in [7, 11) is 0. The number of hydrogen-bond donors (Lipinski definition) is 2. The summed E-state index contributed by atoms with van der Waals surface area (Å²) in [6, 6.07) is 4.63. The third-order valence-electron chi connectivity index (χ3n) is 2.65. The van der Waals surface area contributed by atoms with Gasteiger partial charge in [0.1, 0.15) is 11.3 Å². The van der Waals surface area contributed by atoms with Crippen LogP contribution >= 0.6 is 15.9 Å². The van der Waals surface area contributed by atoms with Crippen LogP contribution in [0.2, 0.25) is 0 Å². The number of halogens is 4. The number of anilines is 1. The van der Waals surface area contributed by atoms with Crippen LogP contribution in [0.3, 0.4) is 0 Å². The van der Waals surface area contributed by atoms with E-state index in [2.05, 4.69) is 21.2 Å². The molecule has 4 nitrogen and oxygen atoms in total. The molecule has 21 heavy (non-hydrogen) atoms. The molecular weight excluding hydrogens is 355 g/mol. The van der Waals surface area contributed by atoms with Gasteiger partial charge in [0.15, 0.2) is 0 Å². The first-order valence-electron chi connectivity index (χ1n) is 5.68. The minimum atomic E-state index is -4.46. The van der Waals surface area contributed by atoms with Crippen molar-refractivity contribution >= 4 is 27.6 Å². The van der Waals surface area contributed by atoms with Crippen molar-refractivity contribution in [3.05, 3.63) is 51.9 Å². The van der Waals surface area contributed by atoms with Gasteiger partial charge in [0.05, 0.1) is 18.4 Å². The van der Waals surface area contributed by atoms with Gasteiger partial charge in [0.2, 0.25) is 0 Å². The molecule has 0 aliphatic rings. The quantitative estimate of drug-likeness (QED) is 0.846. The van der Waals surface area contributed by atoms with E-state index in [9.17, 15) is 18.0 Å². The first-order chi connectivity index (χ1) is 9.77. The van der Waals surface area contributed by atoms with Gasteiger partial charge in [-0.1, -0.05) is 15.9 Å². The van der Waals surface area contributed by atoms with Crippen molar-refractivity contribution in [1.82, 2.24) is 0 Å². The monoisotopic (exact) mass is 363 g/mol. The van der Waals surface area contributed by atoms with E-state index in [0.29, 0.717) is 0 Å². The average molecular weight is 364 g/mol. The number of carboxylic acid groups (broad SMARTS) is 1. The van der Waals surface area contributed by atoms with E-state index in [4.69, 9.17) is 9.52 Å². The highest BCUT2D eigenvalue weighted by Crippen LogP contribution is 2.33. The molecule has 0 amide bonds. The average Bonchev–Trinajstić information content (AvgIpc) is 2.83. The van der Waals surface area contributed by atoms with Crippen molar-refractivity contribution in [3.63, 3.8) is 0 Å². The fraction of sp³-hybridized carbons (Fsp3) is 0.154. The molecule has 0 fully saturated rings. The predicted molar refractivity (Wildman–Crippen MR) is 72.1 cm³/mol. The van der Waals surface area contributed by atoms with Gasteiger partial charge in [-0.2, -0.15) is 13.2 Å². The highest BCUT2D eigenvalue weighted by molar-refractivity contribution is 9.10. The Morgan fingerprint density at radius 3 is 2.67 bits per heavy atom. The van der Waals surface area contributed by atoms with Gasteiger partial charge in [-0.3, -0.25) is 0 Å². The summed E-state index contributed by atoms with van der Waals surface area (Å²) in [5, 5.41) is 11.6. The molecule has 0 atom stereocenters. The van der Waals surface area contributed by atoms with Gasteiger partial charge in [0, 0.05) is 10.2 Å². The van der Waals surface area contributed by atoms with Crippen molar-refractivity contribution < 1.29 is 27.5 Å². The molecule has 112 valence electrons. The number of hydrogen-bond acceptors (Lipinski definition) is 3. The number of carboxylic acids is 1. The van der Waals surface area contributed by atoms with Gasteiger partial charge in [-0.15, -0.1) is 0 Å².